The molecule has 0 aromatic heterocycles. The SMILES string of the molecule is CN1CCC(N(CCO)Cc2ccc3c(c2)CCO3)CC1. The summed E-state index contributed by atoms with van der Waals surface area (Å²) in [7, 11) is 2.19. The number of fused-ring (bicyclic) bond motifs is 1. The Morgan fingerprint density at radius 2 is 2.14 bits per heavy atom. The second-order valence-electron chi connectivity index (χ2n) is 6.27. The summed E-state index contributed by atoms with van der Waals surface area (Å²) in [6.07, 6.45) is 3.42. The zero-order valence-electron chi connectivity index (χ0n) is 12.9. The van der Waals surface area contributed by atoms with E-state index >= 15 is 0 Å². The van der Waals surface area contributed by atoms with E-state index in [1.807, 2.05) is 0 Å². The van der Waals surface area contributed by atoms with E-state index in [2.05, 4.69) is 35.0 Å². The Kier molecular flexibility index (Phi) is 4.78. The van der Waals surface area contributed by atoms with Crippen LogP contribution in [0.4, 0.5) is 0 Å². The Morgan fingerprint density at radius 3 is 2.90 bits per heavy atom. The number of likely N-dealkylation sites (tertiary alicyclic amines) is 1. The van der Waals surface area contributed by atoms with E-state index in [1.54, 1.807) is 0 Å². The van der Waals surface area contributed by atoms with Gasteiger partial charge in [-0.1, -0.05) is 12.1 Å². The van der Waals surface area contributed by atoms with E-state index in [4.69, 9.17) is 4.74 Å². The van der Waals surface area contributed by atoms with Gasteiger partial charge in [-0.2, -0.15) is 0 Å². The van der Waals surface area contributed by atoms with Crippen molar-refractivity contribution in [3.63, 3.8) is 0 Å². The minimum Gasteiger partial charge on any atom is -0.493 e. The normalized spacial score (nSPS) is 19.8. The van der Waals surface area contributed by atoms with Crippen molar-refractivity contribution in [3.05, 3.63) is 29.3 Å². The molecule has 0 spiro atoms. The Morgan fingerprint density at radius 1 is 1.33 bits per heavy atom. The molecule has 0 aliphatic carbocycles. The first kappa shape index (κ1) is 14.8. The highest BCUT2D eigenvalue weighted by molar-refractivity contribution is 5.39. The van der Waals surface area contributed by atoms with Crippen LogP contribution in [0.3, 0.4) is 0 Å². The smallest absolute Gasteiger partial charge is 0.122 e. The molecule has 3 rings (SSSR count). The van der Waals surface area contributed by atoms with Crippen LogP contribution < -0.4 is 4.74 Å². The fourth-order valence-electron chi connectivity index (χ4n) is 3.45. The average molecular weight is 290 g/mol. The molecule has 0 unspecified atom stereocenters. The first-order valence-corrected chi connectivity index (χ1v) is 8.04. The molecule has 1 aromatic carbocycles. The van der Waals surface area contributed by atoms with Crippen molar-refractivity contribution in [2.24, 2.45) is 0 Å². The lowest BCUT2D eigenvalue weighted by molar-refractivity contribution is 0.0941. The summed E-state index contributed by atoms with van der Waals surface area (Å²) < 4.78 is 5.57. The van der Waals surface area contributed by atoms with E-state index in [1.165, 1.54) is 24.0 Å². The second-order valence-corrected chi connectivity index (χ2v) is 6.27. The number of hydrogen-bond acceptors (Lipinski definition) is 4. The van der Waals surface area contributed by atoms with Crippen LogP contribution >= 0.6 is 0 Å². The molecule has 0 amide bonds. The average Bonchev–Trinajstić information content (AvgIpc) is 2.95. The fourth-order valence-corrected chi connectivity index (χ4v) is 3.45. The molecule has 4 heteroatoms. The Labute approximate surface area is 127 Å². The Balaban J connectivity index is 1.67. The molecular formula is C17H26N2O2. The van der Waals surface area contributed by atoms with Gasteiger partial charge in [0.05, 0.1) is 13.2 Å². The van der Waals surface area contributed by atoms with Gasteiger partial charge >= 0.3 is 0 Å². The van der Waals surface area contributed by atoms with Gasteiger partial charge in [-0.15, -0.1) is 0 Å². The molecular weight excluding hydrogens is 264 g/mol. The van der Waals surface area contributed by atoms with Gasteiger partial charge in [0.1, 0.15) is 5.75 Å². The van der Waals surface area contributed by atoms with E-state index in [-0.39, 0.29) is 6.61 Å². The second kappa shape index (κ2) is 6.77. The fraction of sp³-hybridized carbons (Fsp3) is 0.647. The zero-order chi connectivity index (χ0) is 14.7. The van der Waals surface area contributed by atoms with Gasteiger partial charge < -0.3 is 14.7 Å². The molecule has 2 aliphatic heterocycles. The molecule has 116 valence electrons. The maximum absolute atomic E-state index is 9.38. The number of aliphatic hydroxyl groups excluding tert-OH is 1. The third-order valence-corrected chi connectivity index (χ3v) is 4.73. The summed E-state index contributed by atoms with van der Waals surface area (Å²) in [5, 5.41) is 9.38. The summed E-state index contributed by atoms with van der Waals surface area (Å²) in [4.78, 5) is 4.84. The van der Waals surface area contributed by atoms with E-state index in [0.717, 1.165) is 45.0 Å². The van der Waals surface area contributed by atoms with Crippen molar-refractivity contribution < 1.29 is 9.84 Å². The Bertz CT molecular complexity index is 470. The molecule has 4 nitrogen and oxygen atoms in total. The molecule has 2 aliphatic rings. The lowest BCUT2D eigenvalue weighted by Crippen LogP contribution is -2.44. The summed E-state index contributed by atoms with van der Waals surface area (Å²) in [5.41, 5.74) is 2.67. The van der Waals surface area contributed by atoms with Gasteiger partial charge in [-0.3, -0.25) is 4.90 Å². The quantitative estimate of drug-likeness (QED) is 0.892. The van der Waals surface area contributed by atoms with Gasteiger partial charge in [0.15, 0.2) is 0 Å². The lowest BCUT2D eigenvalue weighted by Gasteiger charge is -2.37. The van der Waals surface area contributed by atoms with Crippen LogP contribution in [-0.4, -0.2) is 60.8 Å². The number of benzene rings is 1. The van der Waals surface area contributed by atoms with Crippen LogP contribution in [0.5, 0.6) is 5.75 Å². The maximum Gasteiger partial charge on any atom is 0.122 e. The molecule has 1 N–H and O–H groups in total. The summed E-state index contributed by atoms with van der Waals surface area (Å²) >= 11 is 0. The number of hydrogen-bond donors (Lipinski definition) is 1. The van der Waals surface area contributed by atoms with Crippen molar-refractivity contribution in [1.29, 1.82) is 0 Å². The third-order valence-electron chi connectivity index (χ3n) is 4.73. The highest BCUT2D eigenvalue weighted by Gasteiger charge is 2.23. The largest absolute Gasteiger partial charge is 0.493 e. The van der Waals surface area contributed by atoms with E-state index in [0.29, 0.717) is 6.04 Å². The van der Waals surface area contributed by atoms with Crippen LogP contribution in [-0.2, 0) is 13.0 Å². The minimum atomic E-state index is 0.236. The number of aliphatic hydroxyl groups is 1. The highest BCUT2D eigenvalue weighted by Crippen LogP contribution is 2.27. The van der Waals surface area contributed by atoms with E-state index < -0.39 is 0 Å². The number of piperidine rings is 1. The predicted octanol–water partition coefficient (Wildman–Crippen LogP) is 1.51. The minimum absolute atomic E-state index is 0.236. The highest BCUT2D eigenvalue weighted by atomic mass is 16.5. The monoisotopic (exact) mass is 290 g/mol. The first-order valence-electron chi connectivity index (χ1n) is 8.04. The topological polar surface area (TPSA) is 35.9 Å². The van der Waals surface area contributed by atoms with Crippen molar-refractivity contribution in [3.8, 4) is 5.75 Å². The van der Waals surface area contributed by atoms with Crippen LogP contribution in [0.15, 0.2) is 18.2 Å². The summed E-state index contributed by atoms with van der Waals surface area (Å²) in [6.45, 7) is 5.06. The first-order chi connectivity index (χ1) is 10.3. The molecule has 1 fully saturated rings. The Hall–Kier alpha value is -1.10. The van der Waals surface area contributed by atoms with Gasteiger partial charge in [0.25, 0.3) is 0 Å². The maximum atomic E-state index is 9.38. The molecule has 0 bridgehead atoms. The van der Waals surface area contributed by atoms with Gasteiger partial charge in [-0.05, 0) is 50.2 Å². The van der Waals surface area contributed by atoms with Crippen molar-refractivity contribution in [2.45, 2.75) is 31.8 Å². The van der Waals surface area contributed by atoms with Crippen molar-refractivity contribution in [1.82, 2.24) is 9.80 Å². The van der Waals surface area contributed by atoms with Crippen molar-refractivity contribution in [2.75, 3.05) is 39.9 Å². The molecule has 0 atom stereocenters. The molecule has 1 saturated heterocycles. The number of ether oxygens (including phenoxy) is 1. The predicted molar refractivity (Wildman–Crippen MR) is 83.7 cm³/mol. The zero-order valence-corrected chi connectivity index (χ0v) is 12.9. The van der Waals surface area contributed by atoms with Gasteiger partial charge in [-0.25, -0.2) is 0 Å². The molecule has 1 aromatic rings. The summed E-state index contributed by atoms with van der Waals surface area (Å²) in [5.74, 6) is 1.05. The van der Waals surface area contributed by atoms with Crippen LogP contribution in [0.25, 0.3) is 0 Å². The van der Waals surface area contributed by atoms with Gasteiger partial charge in [0.2, 0.25) is 0 Å². The lowest BCUT2D eigenvalue weighted by atomic mass is 10.0. The third kappa shape index (κ3) is 3.57. The van der Waals surface area contributed by atoms with Crippen LogP contribution in [0.1, 0.15) is 24.0 Å². The number of nitrogens with zero attached hydrogens (tertiary/aromatic N) is 2. The summed E-state index contributed by atoms with van der Waals surface area (Å²) in [6, 6.07) is 7.15. The van der Waals surface area contributed by atoms with Gasteiger partial charge in [0, 0.05) is 25.6 Å². The molecule has 0 saturated carbocycles. The molecule has 21 heavy (non-hydrogen) atoms. The van der Waals surface area contributed by atoms with Crippen molar-refractivity contribution >= 4 is 0 Å². The van der Waals surface area contributed by atoms with Crippen LogP contribution in [0.2, 0.25) is 0 Å². The number of rotatable bonds is 5. The standard InChI is InChI=1S/C17H26N2O2/c1-18-7-4-16(5-8-18)19(9-10-20)13-14-2-3-17-15(12-14)6-11-21-17/h2-3,12,16,20H,4-11,13H2,1H3. The van der Waals surface area contributed by atoms with E-state index in [9.17, 15) is 5.11 Å². The van der Waals surface area contributed by atoms with Crippen LogP contribution in [0, 0.1) is 0 Å². The molecule has 2 heterocycles. The molecule has 0 radical (unpaired) electrons.